The topological polar surface area (TPSA) is 168 Å². The molecule has 0 aliphatic rings. The monoisotopic (exact) mass is 777 g/mol. The zero-order valence-electron chi connectivity index (χ0n) is 21.0. The van der Waals surface area contributed by atoms with Crippen molar-refractivity contribution in [1.82, 2.24) is 0 Å². The fraction of sp³-hybridized carbons (Fsp3) is 0.250. The van der Waals surface area contributed by atoms with Crippen LogP contribution in [0.15, 0.2) is 68.4 Å². The van der Waals surface area contributed by atoms with Gasteiger partial charge in [0.25, 0.3) is 0 Å². The number of hydrogen-bond donors (Lipinski definition) is 0. The largest absolute Gasteiger partial charge is 0.505 e. The van der Waals surface area contributed by atoms with Crippen molar-refractivity contribution in [2.45, 2.75) is 37.8 Å². The Balaban J connectivity index is 0.000000608. The van der Waals surface area contributed by atoms with Crippen LogP contribution in [0.1, 0.15) is 36.5 Å². The molecule has 3 rings (SSSR count). The molecule has 3 aromatic rings. The van der Waals surface area contributed by atoms with E-state index in [0.29, 0.717) is 0 Å². The predicted octanol–water partition coefficient (Wildman–Crippen LogP) is 5.01. The number of rotatable bonds is 9. The molecule has 6 N–H and O–H groups in total. The maximum absolute atomic E-state index is 11.8. The van der Waals surface area contributed by atoms with Crippen LogP contribution in [0.4, 0.5) is 39.5 Å². The molecule has 0 aliphatic carbocycles. The van der Waals surface area contributed by atoms with Gasteiger partial charge >= 0.3 is 53.2 Å². The summed E-state index contributed by atoms with van der Waals surface area (Å²) >= 11 is 0. The van der Waals surface area contributed by atoms with E-state index in [1.165, 1.54) is 55.2 Å². The maximum atomic E-state index is 11.8. The van der Waals surface area contributed by atoms with E-state index in [1.54, 1.807) is 0 Å². The molecule has 0 saturated heterocycles. The minimum absolute atomic E-state index is 0. The summed E-state index contributed by atoms with van der Waals surface area (Å²) in [5.41, 5.74) is 0. The quantitative estimate of drug-likeness (QED) is 0.129. The molecule has 3 aromatic heterocycles. The molecule has 3 heterocycles. The van der Waals surface area contributed by atoms with E-state index in [9.17, 15) is 39.5 Å². The molecule has 0 amide bonds. The normalized spacial score (nSPS) is 11.1. The molecule has 0 fully saturated rings. The molecule has 0 spiro atoms. The van der Waals surface area contributed by atoms with Gasteiger partial charge in [0.1, 0.15) is 0 Å². The van der Waals surface area contributed by atoms with Gasteiger partial charge in [-0.05, 0) is 36.4 Å². The van der Waals surface area contributed by atoms with Crippen molar-refractivity contribution in [2.75, 3.05) is 0 Å². The second kappa shape index (κ2) is 17.2. The van der Waals surface area contributed by atoms with Crippen molar-refractivity contribution in [1.29, 1.82) is 0 Å². The van der Waals surface area contributed by atoms with Crippen LogP contribution in [0.5, 0.6) is 0 Å². The number of halogens is 9. The Bertz CT molecular complexity index is 1190. The number of alkyl halides is 9. The van der Waals surface area contributed by atoms with E-state index < -0.39 is 72.5 Å². The first kappa shape index (κ1) is 39.8. The molecule has 9 nitrogen and oxygen atoms in total. The van der Waals surface area contributed by atoms with Gasteiger partial charge in [-0.25, -0.2) is 0 Å². The minimum Gasteiger partial charge on any atom is -0.456 e. The van der Waals surface area contributed by atoms with Crippen LogP contribution in [-0.2, 0) is 0 Å². The van der Waals surface area contributed by atoms with Crippen molar-refractivity contribution < 1.29 is 131 Å². The van der Waals surface area contributed by atoms with Gasteiger partial charge in [0.05, 0.1) is 18.8 Å². The Morgan fingerprint density at radius 2 is 0.674 bits per heavy atom. The Kier molecular flexibility index (Phi) is 15.9. The summed E-state index contributed by atoms with van der Waals surface area (Å²) in [6, 6.07) is 8.11. The van der Waals surface area contributed by atoms with Gasteiger partial charge in [0.2, 0.25) is 17.3 Å². The second-order valence-corrected chi connectivity index (χ2v) is 7.64. The first-order valence-electron chi connectivity index (χ1n) is 10.8. The third-order valence-electron chi connectivity index (χ3n) is 4.40. The molecule has 0 aliphatic heterocycles. The van der Waals surface area contributed by atoms with Crippen molar-refractivity contribution >= 4 is 34.7 Å². The second-order valence-electron chi connectivity index (χ2n) is 7.64. The number of hydrogen-bond acceptors (Lipinski definition) is 3. The van der Waals surface area contributed by atoms with E-state index in [1.807, 2.05) is 0 Å². The van der Waals surface area contributed by atoms with E-state index in [2.05, 4.69) is 13.3 Å². The SMILES string of the molecule is [Eu].[OH+]=C(CC(=[OH+])C(F)(F)F)c1ccco1.[OH+]=C(CC(=[OH+])C(F)(F)F)c1ccco1.[OH+]=C(CC(=[OH+])C(F)(F)F)c1ccco1. The fourth-order valence-corrected chi connectivity index (χ4v) is 2.37. The Labute approximate surface area is 274 Å². The third kappa shape index (κ3) is 14.7. The van der Waals surface area contributed by atoms with Crippen molar-refractivity contribution in [3.63, 3.8) is 0 Å². The van der Waals surface area contributed by atoms with E-state index in [-0.39, 0.29) is 66.7 Å². The molecule has 0 aromatic carbocycles. The van der Waals surface area contributed by atoms with Crippen LogP contribution in [-0.4, -0.2) is 82.0 Å². The molecule has 19 heteroatoms. The van der Waals surface area contributed by atoms with Gasteiger partial charge in [-0.3, -0.25) is 28.8 Å². The minimum atomic E-state index is -4.82. The van der Waals surface area contributed by atoms with Crippen molar-refractivity contribution in [3.8, 4) is 0 Å². The summed E-state index contributed by atoms with van der Waals surface area (Å²) in [5.74, 6) is -7.55. The Hall–Kier alpha value is -3.19. The number of ketones is 6. The van der Waals surface area contributed by atoms with Gasteiger partial charge in [-0.1, -0.05) is 0 Å². The van der Waals surface area contributed by atoms with E-state index >= 15 is 0 Å². The number of furan rings is 3. The van der Waals surface area contributed by atoms with Crippen LogP contribution in [0.2, 0.25) is 0 Å². The molecule has 0 saturated carbocycles. The summed E-state index contributed by atoms with van der Waals surface area (Å²) in [6.07, 6.45) is -13.8. The molecule has 0 unspecified atom stereocenters. The van der Waals surface area contributed by atoms with Crippen LogP contribution in [0.25, 0.3) is 0 Å². The van der Waals surface area contributed by atoms with Gasteiger partial charge in [-0.2, -0.15) is 39.5 Å². The zero-order chi connectivity index (χ0) is 32.3. The molecule has 0 atom stereocenters. The molecule has 0 bridgehead atoms. The van der Waals surface area contributed by atoms with Crippen LogP contribution < -0.4 is 0 Å². The summed E-state index contributed by atoms with van der Waals surface area (Å²) in [6.45, 7) is 0. The molecule has 1 radical (unpaired) electrons. The summed E-state index contributed by atoms with van der Waals surface area (Å²) in [4.78, 5) is 52.8. The fourth-order valence-electron chi connectivity index (χ4n) is 2.37. The van der Waals surface area contributed by atoms with Crippen LogP contribution >= 0.6 is 0 Å². The van der Waals surface area contributed by atoms with Gasteiger partial charge in [0.15, 0.2) is 19.3 Å². The van der Waals surface area contributed by atoms with Crippen molar-refractivity contribution in [2.24, 2.45) is 0 Å². The standard InChI is InChI=1S/3C8H5F3O3.Eu/c3*9-8(10,11)7(13)4-5(12)6-2-1-3-14-6;/h3*1-3H,4H2;/p+6. The average molecular weight is 776 g/mol. The van der Waals surface area contributed by atoms with Crippen molar-refractivity contribution in [3.05, 3.63) is 72.5 Å². The molecular weight excluding hydrogens is 755 g/mol. The average Bonchev–Trinajstić information content (AvgIpc) is 3.66. The Morgan fingerprint density at radius 3 is 0.814 bits per heavy atom. The zero-order valence-corrected chi connectivity index (χ0v) is 23.4. The molecule has 235 valence electrons. The predicted molar refractivity (Wildman–Crippen MR) is 127 cm³/mol. The van der Waals surface area contributed by atoms with Gasteiger partial charge < -0.3 is 13.3 Å². The van der Waals surface area contributed by atoms with Crippen LogP contribution in [0, 0.1) is 49.4 Å². The summed E-state index contributed by atoms with van der Waals surface area (Å²) in [7, 11) is 0. The maximum Gasteiger partial charge on any atom is 0.505 e. The number of carbonyl (C=O) groups excluding carboxylic acids is 6. The first-order chi connectivity index (χ1) is 19.2. The van der Waals surface area contributed by atoms with Gasteiger partial charge in [0, 0.05) is 49.4 Å². The van der Waals surface area contributed by atoms with Crippen LogP contribution in [0.3, 0.4) is 0 Å². The van der Waals surface area contributed by atoms with E-state index in [0.717, 1.165) is 0 Å². The van der Waals surface area contributed by atoms with Gasteiger partial charge in [-0.15, -0.1) is 0 Å². The summed E-state index contributed by atoms with van der Waals surface area (Å²) in [5, 5.41) is 0. The molecular formula is C24H21EuF9O9+6. The summed E-state index contributed by atoms with van der Waals surface area (Å²) < 4.78 is 120. The first-order valence-corrected chi connectivity index (χ1v) is 10.8. The Morgan fingerprint density at radius 1 is 0.465 bits per heavy atom. The van der Waals surface area contributed by atoms with E-state index in [4.69, 9.17) is 28.8 Å². The smallest absolute Gasteiger partial charge is 0.456 e. The molecule has 43 heavy (non-hydrogen) atoms. The third-order valence-corrected chi connectivity index (χ3v) is 4.40.